The first-order valence-corrected chi connectivity index (χ1v) is 7.53. The molecule has 19 heavy (non-hydrogen) atoms. The Balaban J connectivity index is 1.77. The van der Waals surface area contributed by atoms with Gasteiger partial charge in [0.05, 0.1) is 4.47 Å². The van der Waals surface area contributed by atoms with E-state index in [1.165, 1.54) is 12.8 Å². The molecule has 5 nitrogen and oxygen atoms in total. The molecule has 2 aromatic heterocycles. The molecule has 0 unspecified atom stereocenters. The van der Waals surface area contributed by atoms with Crippen molar-refractivity contribution in [3.05, 3.63) is 22.8 Å². The van der Waals surface area contributed by atoms with Gasteiger partial charge in [0.15, 0.2) is 5.65 Å². The van der Waals surface area contributed by atoms with E-state index in [9.17, 15) is 0 Å². The number of rotatable bonds is 3. The molecular weight excluding hydrogens is 306 g/mol. The number of aromatic nitrogens is 3. The zero-order chi connectivity index (χ0) is 13.2. The van der Waals surface area contributed by atoms with E-state index in [1.54, 1.807) is 0 Å². The van der Waals surface area contributed by atoms with Gasteiger partial charge in [-0.2, -0.15) is 4.98 Å². The fraction of sp³-hybridized carbons (Fsp3) is 0.538. The van der Waals surface area contributed by atoms with Crippen LogP contribution >= 0.6 is 15.9 Å². The molecule has 0 atom stereocenters. The fourth-order valence-corrected chi connectivity index (χ4v) is 3.08. The molecule has 1 aliphatic heterocycles. The Bertz CT molecular complexity index is 559. The number of anilines is 1. The fourth-order valence-electron chi connectivity index (χ4n) is 2.65. The Labute approximate surface area is 120 Å². The molecule has 0 amide bonds. The number of nitrogens with two attached hydrogens (primary N) is 1. The van der Waals surface area contributed by atoms with Crippen LogP contribution in [0.3, 0.4) is 0 Å². The third-order valence-electron chi connectivity index (χ3n) is 3.78. The first kappa shape index (κ1) is 12.9. The monoisotopic (exact) mass is 323 g/mol. The van der Waals surface area contributed by atoms with Crippen molar-refractivity contribution in [3.8, 4) is 0 Å². The second kappa shape index (κ2) is 5.46. The van der Waals surface area contributed by atoms with Crippen LogP contribution in [-0.4, -0.2) is 34.2 Å². The lowest BCUT2D eigenvalue weighted by Gasteiger charge is -2.30. The Morgan fingerprint density at radius 1 is 1.37 bits per heavy atom. The highest BCUT2D eigenvalue weighted by Gasteiger charge is 2.21. The molecule has 6 heteroatoms. The summed E-state index contributed by atoms with van der Waals surface area (Å²) < 4.78 is 2.80. The van der Waals surface area contributed by atoms with Crippen molar-refractivity contribution in [2.75, 3.05) is 24.5 Å². The van der Waals surface area contributed by atoms with Gasteiger partial charge in [-0.05, 0) is 59.8 Å². The number of piperidine rings is 1. The molecule has 0 spiro atoms. The summed E-state index contributed by atoms with van der Waals surface area (Å²) in [5.41, 5.74) is 6.50. The highest BCUT2D eigenvalue weighted by atomic mass is 79.9. The van der Waals surface area contributed by atoms with E-state index in [2.05, 4.69) is 30.9 Å². The molecule has 102 valence electrons. The van der Waals surface area contributed by atoms with Crippen molar-refractivity contribution >= 4 is 27.5 Å². The summed E-state index contributed by atoms with van der Waals surface area (Å²) in [7, 11) is 0. The molecule has 1 fully saturated rings. The molecule has 0 bridgehead atoms. The molecule has 1 saturated heterocycles. The van der Waals surface area contributed by atoms with Gasteiger partial charge in [-0.25, -0.2) is 4.52 Å². The molecular formula is C13H18BrN5. The van der Waals surface area contributed by atoms with Gasteiger partial charge in [0, 0.05) is 19.3 Å². The summed E-state index contributed by atoms with van der Waals surface area (Å²) in [6.45, 7) is 2.85. The first-order chi connectivity index (χ1) is 9.28. The maximum absolute atomic E-state index is 5.63. The number of halogens is 1. The molecule has 2 N–H and O–H groups in total. The van der Waals surface area contributed by atoms with Crippen LogP contribution in [-0.2, 0) is 0 Å². The summed E-state index contributed by atoms with van der Waals surface area (Å²) in [6.07, 6.45) is 5.44. The highest BCUT2D eigenvalue weighted by molar-refractivity contribution is 9.10. The van der Waals surface area contributed by atoms with Crippen molar-refractivity contribution < 1.29 is 0 Å². The maximum atomic E-state index is 5.63. The van der Waals surface area contributed by atoms with Gasteiger partial charge < -0.3 is 10.6 Å². The molecule has 2 aromatic rings. The van der Waals surface area contributed by atoms with Crippen molar-refractivity contribution in [1.29, 1.82) is 0 Å². The van der Waals surface area contributed by atoms with E-state index in [-0.39, 0.29) is 0 Å². The summed E-state index contributed by atoms with van der Waals surface area (Å²) in [4.78, 5) is 6.88. The van der Waals surface area contributed by atoms with Crippen LogP contribution in [0.1, 0.15) is 19.3 Å². The predicted molar refractivity (Wildman–Crippen MR) is 79.3 cm³/mol. The SMILES string of the molecule is NCCC1CCN(c2nc3c(Br)cccn3n2)CC1. The van der Waals surface area contributed by atoms with E-state index in [4.69, 9.17) is 5.73 Å². The topological polar surface area (TPSA) is 59.5 Å². The van der Waals surface area contributed by atoms with Crippen LogP contribution < -0.4 is 10.6 Å². The lowest BCUT2D eigenvalue weighted by atomic mass is 9.94. The Morgan fingerprint density at radius 3 is 2.84 bits per heavy atom. The van der Waals surface area contributed by atoms with Crippen LogP contribution in [0, 0.1) is 5.92 Å². The van der Waals surface area contributed by atoms with Gasteiger partial charge in [0.2, 0.25) is 5.95 Å². The van der Waals surface area contributed by atoms with Gasteiger partial charge in [0.25, 0.3) is 0 Å². The Morgan fingerprint density at radius 2 is 2.16 bits per heavy atom. The molecule has 0 radical (unpaired) electrons. The van der Waals surface area contributed by atoms with E-state index < -0.39 is 0 Å². The second-order valence-corrected chi connectivity index (χ2v) is 5.90. The van der Waals surface area contributed by atoms with Crippen LogP contribution in [0.2, 0.25) is 0 Å². The average molecular weight is 324 g/mol. The normalized spacial score (nSPS) is 17.3. The molecule has 3 heterocycles. The Hall–Kier alpha value is -1.14. The van der Waals surface area contributed by atoms with Crippen molar-refractivity contribution in [3.63, 3.8) is 0 Å². The Kier molecular flexibility index (Phi) is 3.70. The minimum absolute atomic E-state index is 0.769. The largest absolute Gasteiger partial charge is 0.339 e. The number of hydrogen-bond acceptors (Lipinski definition) is 4. The number of nitrogens with zero attached hydrogens (tertiary/aromatic N) is 4. The van der Waals surface area contributed by atoms with Crippen molar-refractivity contribution in [1.82, 2.24) is 14.6 Å². The van der Waals surface area contributed by atoms with Crippen LogP contribution in [0.15, 0.2) is 22.8 Å². The average Bonchev–Trinajstić information content (AvgIpc) is 2.85. The highest BCUT2D eigenvalue weighted by Crippen LogP contribution is 2.24. The van der Waals surface area contributed by atoms with Crippen LogP contribution in [0.4, 0.5) is 5.95 Å². The first-order valence-electron chi connectivity index (χ1n) is 6.74. The summed E-state index contributed by atoms with van der Waals surface area (Å²) in [5, 5.41) is 4.55. The number of hydrogen-bond donors (Lipinski definition) is 1. The molecule has 0 saturated carbocycles. The van der Waals surface area contributed by atoms with Crippen molar-refractivity contribution in [2.24, 2.45) is 11.7 Å². The lowest BCUT2D eigenvalue weighted by Crippen LogP contribution is -2.35. The molecule has 1 aliphatic rings. The smallest absolute Gasteiger partial charge is 0.245 e. The predicted octanol–water partition coefficient (Wildman–Crippen LogP) is 2.06. The van der Waals surface area contributed by atoms with Gasteiger partial charge in [-0.3, -0.25) is 0 Å². The summed E-state index contributed by atoms with van der Waals surface area (Å²) >= 11 is 3.51. The summed E-state index contributed by atoms with van der Waals surface area (Å²) in [6, 6.07) is 3.95. The summed E-state index contributed by atoms with van der Waals surface area (Å²) in [5.74, 6) is 1.60. The van der Waals surface area contributed by atoms with Crippen LogP contribution in [0.5, 0.6) is 0 Å². The lowest BCUT2D eigenvalue weighted by molar-refractivity contribution is 0.384. The zero-order valence-electron chi connectivity index (χ0n) is 10.8. The number of fused-ring (bicyclic) bond motifs is 1. The number of pyridine rings is 1. The van der Waals surface area contributed by atoms with Gasteiger partial charge in [-0.1, -0.05) is 0 Å². The van der Waals surface area contributed by atoms with Crippen molar-refractivity contribution in [2.45, 2.75) is 19.3 Å². The molecule has 0 aromatic carbocycles. The second-order valence-electron chi connectivity index (χ2n) is 5.04. The van der Waals surface area contributed by atoms with Gasteiger partial charge >= 0.3 is 0 Å². The van der Waals surface area contributed by atoms with E-state index in [0.717, 1.165) is 48.0 Å². The zero-order valence-corrected chi connectivity index (χ0v) is 12.4. The van der Waals surface area contributed by atoms with Gasteiger partial charge in [-0.15, -0.1) is 5.10 Å². The van der Waals surface area contributed by atoms with E-state index in [0.29, 0.717) is 0 Å². The molecule has 3 rings (SSSR count). The molecule has 0 aliphatic carbocycles. The minimum atomic E-state index is 0.769. The van der Waals surface area contributed by atoms with E-state index in [1.807, 2.05) is 22.8 Å². The maximum Gasteiger partial charge on any atom is 0.245 e. The third kappa shape index (κ3) is 2.60. The third-order valence-corrected chi connectivity index (χ3v) is 4.39. The standard InChI is InChI=1S/C13H18BrN5/c14-11-2-1-7-19-12(11)16-13(17-19)18-8-4-10(3-6-15)5-9-18/h1-2,7,10H,3-6,8-9,15H2. The van der Waals surface area contributed by atoms with Crippen LogP contribution in [0.25, 0.3) is 5.65 Å². The minimum Gasteiger partial charge on any atom is -0.339 e. The van der Waals surface area contributed by atoms with Gasteiger partial charge in [0.1, 0.15) is 0 Å². The quantitative estimate of drug-likeness (QED) is 0.939. The van der Waals surface area contributed by atoms with E-state index >= 15 is 0 Å².